The standard InChI is InChI=1S/C5H6O6/c6-1-2(7)5(10)11-3(1)4(8)9/h3-4,6-9H/t3-/m0/s1. The van der Waals surface area contributed by atoms with Gasteiger partial charge in [-0.25, -0.2) is 4.79 Å². The Bertz CT molecular complexity index is 217. The van der Waals surface area contributed by atoms with E-state index in [4.69, 9.17) is 20.4 Å². The van der Waals surface area contributed by atoms with Crippen molar-refractivity contribution in [2.45, 2.75) is 12.4 Å². The fourth-order valence-corrected chi connectivity index (χ4v) is 0.668. The molecule has 0 amide bonds. The first-order valence-electron chi connectivity index (χ1n) is 2.73. The molecule has 6 nitrogen and oxygen atoms in total. The normalized spacial score (nSPS) is 24.6. The van der Waals surface area contributed by atoms with Crippen LogP contribution in [0.2, 0.25) is 0 Å². The van der Waals surface area contributed by atoms with Crippen LogP contribution < -0.4 is 0 Å². The zero-order valence-corrected chi connectivity index (χ0v) is 5.26. The van der Waals surface area contributed by atoms with E-state index in [0.717, 1.165) is 0 Å². The highest BCUT2D eigenvalue weighted by atomic mass is 16.6. The second-order valence-electron chi connectivity index (χ2n) is 1.97. The smallest absolute Gasteiger partial charge is 0.378 e. The minimum atomic E-state index is -2.02. The summed E-state index contributed by atoms with van der Waals surface area (Å²) >= 11 is 0. The lowest BCUT2D eigenvalue weighted by molar-refractivity contribution is -0.163. The Morgan fingerprint density at radius 1 is 1.36 bits per heavy atom. The van der Waals surface area contributed by atoms with Gasteiger partial charge in [-0.1, -0.05) is 0 Å². The third kappa shape index (κ3) is 1.13. The van der Waals surface area contributed by atoms with Gasteiger partial charge in [0.05, 0.1) is 0 Å². The van der Waals surface area contributed by atoms with Gasteiger partial charge in [-0.15, -0.1) is 0 Å². The summed E-state index contributed by atoms with van der Waals surface area (Å²) in [5.74, 6) is -3.01. The second kappa shape index (κ2) is 2.40. The number of aliphatic hydroxyl groups excluding tert-OH is 3. The fourth-order valence-electron chi connectivity index (χ4n) is 0.668. The zero-order valence-electron chi connectivity index (χ0n) is 5.26. The van der Waals surface area contributed by atoms with E-state index >= 15 is 0 Å². The number of carbonyl (C=O) groups excluding carboxylic acids is 1. The molecule has 0 aromatic heterocycles. The van der Waals surface area contributed by atoms with Crippen molar-refractivity contribution in [1.29, 1.82) is 0 Å². The molecule has 0 bridgehead atoms. The van der Waals surface area contributed by atoms with E-state index in [9.17, 15) is 4.79 Å². The first kappa shape index (κ1) is 7.83. The monoisotopic (exact) mass is 162 g/mol. The third-order valence-corrected chi connectivity index (χ3v) is 1.21. The Balaban J connectivity index is 2.86. The van der Waals surface area contributed by atoms with E-state index in [0.29, 0.717) is 0 Å². The van der Waals surface area contributed by atoms with Crippen molar-refractivity contribution < 1.29 is 30.0 Å². The lowest BCUT2D eigenvalue weighted by Gasteiger charge is -2.10. The number of carbonyl (C=O) groups is 1. The first-order chi connectivity index (χ1) is 5.04. The number of ether oxygens (including phenoxy) is 1. The maximum absolute atomic E-state index is 10.4. The predicted octanol–water partition coefficient (Wildman–Crippen LogP) is -1.45. The Morgan fingerprint density at radius 3 is 2.09 bits per heavy atom. The SMILES string of the molecule is O=C1O[C@H](C(O)O)C(O)=C1O. The summed E-state index contributed by atoms with van der Waals surface area (Å²) in [6, 6.07) is 0. The summed E-state index contributed by atoms with van der Waals surface area (Å²) in [5, 5.41) is 34.2. The van der Waals surface area contributed by atoms with Crippen molar-refractivity contribution in [3.05, 3.63) is 11.5 Å². The summed E-state index contributed by atoms with van der Waals surface area (Å²) in [7, 11) is 0. The summed E-state index contributed by atoms with van der Waals surface area (Å²) in [6.07, 6.45) is -3.59. The van der Waals surface area contributed by atoms with Gasteiger partial charge in [-0.3, -0.25) is 0 Å². The van der Waals surface area contributed by atoms with E-state index in [1.807, 2.05) is 0 Å². The molecule has 0 spiro atoms. The van der Waals surface area contributed by atoms with Crippen LogP contribution in [0.3, 0.4) is 0 Å². The number of esters is 1. The van der Waals surface area contributed by atoms with Gasteiger partial charge in [0.25, 0.3) is 0 Å². The van der Waals surface area contributed by atoms with E-state index in [1.165, 1.54) is 0 Å². The summed E-state index contributed by atoms with van der Waals surface area (Å²) in [6.45, 7) is 0. The third-order valence-electron chi connectivity index (χ3n) is 1.21. The Morgan fingerprint density at radius 2 is 1.91 bits per heavy atom. The number of hydrogen-bond acceptors (Lipinski definition) is 6. The Kier molecular flexibility index (Phi) is 1.71. The highest BCUT2D eigenvalue weighted by molar-refractivity contribution is 5.89. The average Bonchev–Trinajstić information content (AvgIpc) is 2.17. The molecule has 0 unspecified atom stereocenters. The second-order valence-corrected chi connectivity index (χ2v) is 1.97. The van der Waals surface area contributed by atoms with Gasteiger partial charge in [0, 0.05) is 0 Å². The van der Waals surface area contributed by atoms with Crippen molar-refractivity contribution in [2.75, 3.05) is 0 Å². The molecule has 0 aliphatic carbocycles. The van der Waals surface area contributed by atoms with Gasteiger partial charge < -0.3 is 25.2 Å². The molecule has 11 heavy (non-hydrogen) atoms. The van der Waals surface area contributed by atoms with E-state index in [1.54, 1.807) is 0 Å². The molecule has 1 heterocycles. The van der Waals surface area contributed by atoms with Gasteiger partial charge in [-0.2, -0.15) is 0 Å². The minimum absolute atomic E-state index is 0.856. The molecule has 1 rings (SSSR count). The fraction of sp³-hybridized carbons (Fsp3) is 0.400. The van der Waals surface area contributed by atoms with Gasteiger partial charge in [-0.05, 0) is 0 Å². The van der Waals surface area contributed by atoms with Gasteiger partial charge in [0.15, 0.2) is 12.0 Å². The largest absolute Gasteiger partial charge is 0.505 e. The van der Waals surface area contributed by atoms with Gasteiger partial charge >= 0.3 is 5.97 Å². The Labute approximate surface area is 61.0 Å². The first-order valence-corrected chi connectivity index (χ1v) is 2.73. The Hall–Kier alpha value is -1.27. The molecule has 1 aliphatic heterocycles. The highest BCUT2D eigenvalue weighted by Gasteiger charge is 2.38. The van der Waals surface area contributed by atoms with Crippen LogP contribution in [0.4, 0.5) is 0 Å². The molecular formula is C5H6O6. The highest BCUT2D eigenvalue weighted by Crippen LogP contribution is 2.19. The maximum Gasteiger partial charge on any atom is 0.378 e. The van der Waals surface area contributed by atoms with Crippen molar-refractivity contribution in [3.63, 3.8) is 0 Å². The molecule has 0 aromatic rings. The van der Waals surface area contributed by atoms with Crippen LogP contribution in [0.1, 0.15) is 0 Å². The lowest BCUT2D eigenvalue weighted by Crippen LogP contribution is -2.27. The molecule has 0 saturated carbocycles. The number of cyclic esters (lactones) is 1. The average molecular weight is 162 g/mol. The van der Waals surface area contributed by atoms with Crippen LogP contribution >= 0.6 is 0 Å². The molecule has 0 saturated heterocycles. The number of hydrogen-bond donors (Lipinski definition) is 4. The van der Waals surface area contributed by atoms with E-state index in [-0.39, 0.29) is 0 Å². The van der Waals surface area contributed by atoms with Crippen molar-refractivity contribution in [3.8, 4) is 0 Å². The molecule has 1 atom stereocenters. The van der Waals surface area contributed by atoms with Gasteiger partial charge in [0.1, 0.15) is 0 Å². The topological polar surface area (TPSA) is 107 Å². The van der Waals surface area contributed by atoms with Crippen molar-refractivity contribution >= 4 is 5.97 Å². The van der Waals surface area contributed by atoms with Crippen molar-refractivity contribution in [1.82, 2.24) is 0 Å². The lowest BCUT2D eigenvalue weighted by atomic mass is 10.3. The van der Waals surface area contributed by atoms with Crippen molar-refractivity contribution in [2.24, 2.45) is 0 Å². The summed E-state index contributed by atoms with van der Waals surface area (Å²) in [5.41, 5.74) is 0. The minimum Gasteiger partial charge on any atom is -0.505 e. The molecule has 0 fully saturated rings. The summed E-state index contributed by atoms with van der Waals surface area (Å²) < 4.78 is 4.13. The molecule has 1 aliphatic rings. The van der Waals surface area contributed by atoms with Crippen LogP contribution in [-0.4, -0.2) is 38.8 Å². The van der Waals surface area contributed by atoms with Crippen LogP contribution in [0.5, 0.6) is 0 Å². The molecular weight excluding hydrogens is 156 g/mol. The number of aliphatic hydroxyl groups is 4. The maximum atomic E-state index is 10.4. The molecule has 62 valence electrons. The predicted molar refractivity (Wildman–Crippen MR) is 30.4 cm³/mol. The van der Waals surface area contributed by atoms with E-state index in [2.05, 4.69) is 4.74 Å². The molecule has 0 radical (unpaired) electrons. The summed E-state index contributed by atoms with van der Waals surface area (Å²) in [4.78, 5) is 10.4. The van der Waals surface area contributed by atoms with Crippen LogP contribution in [0.15, 0.2) is 11.5 Å². The molecule has 6 heteroatoms. The van der Waals surface area contributed by atoms with Gasteiger partial charge in [0.2, 0.25) is 11.9 Å². The molecule has 0 aromatic carbocycles. The van der Waals surface area contributed by atoms with E-state index < -0.39 is 29.9 Å². The quantitative estimate of drug-likeness (QED) is 0.277. The zero-order chi connectivity index (χ0) is 8.59. The van der Waals surface area contributed by atoms with Crippen LogP contribution in [-0.2, 0) is 9.53 Å². The van der Waals surface area contributed by atoms with Crippen LogP contribution in [0, 0.1) is 0 Å². The van der Waals surface area contributed by atoms with Crippen LogP contribution in [0.25, 0.3) is 0 Å². The molecule has 4 N–H and O–H groups in total. The number of rotatable bonds is 1.